The number of amides is 2. The fourth-order valence-corrected chi connectivity index (χ4v) is 5.84. The van der Waals surface area contributed by atoms with Crippen LogP contribution in [0.4, 0.5) is 5.69 Å². The highest BCUT2D eigenvalue weighted by Crippen LogP contribution is 2.46. The van der Waals surface area contributed by atoms with Gasteiger partial charge in [-0.2, -0.15) is 0 Å². The lowest BCUT2D eigenvalue weighted by Gasteiger charge is -2.43. The molecule has 1 atom stereocenters. The molecule has 2 amide bonds. The van der Waals surface area contributed by atoms with Gasteiger partial charge in [0.05, 0.1) is 5.69 Å². The molecular formula is C24H27N3O4S. The first-order chi connectivity index (χ1) is 15.5. The second-order valence-corrected chi connectivity index (χ2v) is 9.87. The molecule has 0 aliphatic carbocycles. The van der Waals surface area contributed by atoms with Crippen LogP contribution in [0.25, 0.3) is 0 Å². The van der Waals surface area contributed by atoms with Gasteiger partial charge in [0.1, 0.15) is 0 Å². The number of para-hydroxylation sites is 1. The average Bonchev–Trinajstić information content (AvgIpc) is 3.28. The van der Waals surface area contributed by atoms with Gasteiger partial charge in [-0.05, 0) is 43.7 Å². The number of rotatable bonds is 4. The summed E-state index contributed by atoms with van der Waals surface area (Å²) in [6.45, 7) is 8.09. The number of nitrogens with zero attached hydrogens (tertiary/aromatic N) is 3. The van der Waals surface area contributed by atoms with E-state index in [0.29, 0.717) is 19.6 Å². The van der Waals surface area contributed by atoms with Crippen molar-refractivity contribution in [2.24, 2.45) is 0 Å². The Morgan fingerprint density at radius 1 is 1.06 bits per heavy atom. The Morgan fingerprint density at radius 2 is 1.81 bits per heavy atom. The zero-order chi connectivity index (χ0) is 22.3. The summed E-state index contributed by atoms with van der Waals surface area (Å²) < 4.78 is 9.73. The summed E-state index contributed by atoms with van der Waals surface area (Å²) in [5.74, 6) is 1.35. The molecule has 0 radical (unpaired) electrons. The Labute approximate surface area is 192 Å². The summed E-state index contributed by atoms with van der Waals surface area (Å²) >= 11 is 1.38. The van der Waals surface area contributed by atoms with E-state index in [0.717, 1.165) is 47.3 Å². The summed E-state index contributed by atoms with van der Waals surface area (Å²) in [6.07, 6.45) is 0. The van der Waals surface area contributed by atoms with E-state index in [1.807, 2.05) is 48.2 Å². The maximum Gasteiger partial charge on any atom is 0.252 e. The van der Waals surface area contributed by atoms with Gasteiger partial charge in [0, 0.05) is 44.2 Å². The van der Waals surface area contributed by atoms with Gasteiger partial charge >= 0.3 is 0 Å². The molecule has 8 heteroatoms. The number of fused-ring (bicyclic) bond motifs is 2. The van der Waals surface area contributed by atoms with Crippen LogP contribution in [0, 0.1) is 0 Å². The van der Waals surface area contributed by atoms with Crippen molar-refractivity contribution in [3.05, 3.63) is 48.0 Å². The Kier molecular flexibility index (Phi) is 5.51. The van der Waals surface area contributed by atoms with Gasteiger partial charge in [0.25, 0.3) is 5.91 Å². The molecule has 2 aromatic carbocycles. The van der Waals surface area contributed by atoms with Crippen LogP contribution in [0.1, 0.15) is 19.4 Å². The molecule has 0 N–H and O–H groups in total. The fourth-order valence-electron chi connectivity index (χ4n) is 4.55. The highest BCUT2D eigenvalue weighted by molar-refractivity contribution is 8.02. The largest absolute Gasteiger partial charge is 0.454 e. The van der Waals surface area contributed by atoms with Gasteiger partial charge in [0.15, 0.2) is 16.2 Å². The van der Waals surface area contributed by atoms with E-state index in [9.17, 15) is 9.59 Å². The lowest BCUT2D eigenvalue weighted by Crippen LogP contribution is -2.60. The monoisotopic (exact) mass is 453 g/mol. The van der Waals surface area contributed by atoms with Gasteiger partial charge in [-0.15, -0.1) is 0 Å². The van der Waals surface area contributed by atoms with Crippen molar-refractivity contribution in [2.45, 2.75) is 30.0 Å². The van der Waals surface area contributed by atoms with Crippen molar-refractivity contribution < 1.29 is 19.1 Å². The molecule has 1 unspecified atom stereocenters. The predicted octanol–water partition coefficient (Wildman–Crippen LogP) is 2.98. The van der Waals surface area contributed by atoms with Gasteiger partial charge in [-0.3, -0.25) is 14.5 Å². The molecule has 168 valence electrons. The van der Waals surface area contributed by atoms with E-state index in [-0.39, 0.29) is 18.6 Å². The highest BCUT2D eigenvalue weighted by atomic mass is 32.2. The van der Waals surface area contributed by atoms with E-state index in [4.69, 9.17) is 9.47 Å². The molecule has 7 nitrogen and oxygen atoms in total. The second-order valence-electron chi connectivity index (χ2n) is 8.41. The minimum atomic E-state index is -1.14. The number of carbonyl (C=O) groups excluding carboxylic acids is 2. The van der Waals surface area contributed by atoms with Gasteiger partial charge in [-0.1, -0.05) is 30.0 Å². The fraction of sp³-hybridized carbons (Fsp3) is 0.417. The number of hydrogen-bond acceptors (Lipinski definition) is 6. The molecule has 0 bridgehead atoms. The minimum absolute atomic E-state index is 0.0943. The Bertz CT molecular complexity index is 1050. The third-order valence-electron chi connectivity index (χ3n) is 6.35. The molecule has 0 aromatic heterocycles. The molecule has 1 saturated heterocycles. The van der Waals surface area contributed by atoms with Crippen LogP contribution in [0.15, 0.2) is 47.4 Å². The molecule has 0 spiro atoms. The van der Waals surface area contributed by atoms with Crippen LogP contribution in [0.2, 0.25) is 0 Å². The lowest BCUT2D eigenvalue weighted by atomic mass is 10.0. The van der Waals surface area contributed by atoms with Crippen molar-refractivity contribution in [3.63, 3.8) is 0 Å². The summed E-state index contributed by atoms with van der Waals surface area (Å²) in [5, 5.41) is 0. The number of hydrogen-bond donors (Lipinski definition) is 0. The van der Waals surface area contributed by atoms with Gasteiger partial charge in [-0.25, -0.2) is 0 Å². The summed E-state index contributed by atoms with van der Waals surface area (Å²) in [4.78, 5) is 33.8. The standard InChI is InChI=1S/C24H27N3O4S/c1-3-27-18-6-4-5-7-21(18)32-24(2,23(27)29)22(28)26-12-10-25(11-13-26)15-17-8-9-19-20(14-17)31-16-30-19/h4-9,14H,3,10-13,15-16H2,1-2H3. The van der Waals surface area contributed by atoms with Crippen LogP contribution < -0.4 is 14.4 Å². The van der Waals surface area contributed by atoms with E-state index in [2.05, 4.69) is 11.0 Å². The maximum absolute atomic E-state index is 13.6. The zero-order valence-corrected chi connectivity index (χ0v) is 19.2. The number of benzene rings is 2. The van der Waals surface area contributed by atoms with Crippen molar-refractivity contribution in [1.29, 1.82) is 0 Å². The molecule has 3 aliphatic rings. The first-order valence-electron chi connectivity index (χ1n) is 11.0. The molecule has 5 rings (SSSR count). The van der Waals surface area contributed by atoms with Crippen molar-refractivity contribution >= 4 is 29.3 Å². The molecular weight excluding hydrogens is 426 g/mol. The number of carbonyl (C=O) groups is 2. The SMILES string of the molecule is CCN1C(=O)C(C)(C(=O)N2CCN(Cc3ccc4c(c3)OCO4)CC2)Sc2ccccc21. The smallest absolute Gasteiger partial charge is 0.252 e. The van der Waals surface area contributed by atoms with Crippen LogP contribution in [0.3, 0.4) is 0 Å². The summed E-state index contributed by atoms with van der Waals surface area (Å²) in [6, 6.07) is 13.8. The number of anilines is 1. The lowest BCUT2D eigenvalue weighted by molar-refractivity contribution is -0.139. The second kappa shape index (κ2) is 8.33. The van der Waals surface area contributed by atoms with Crippen LogP contribution in [0.5, 0.6) is 11.5 Å². The molecule has 0 saturated carbocycles. The average molecular weight is 454 g/mol. The molecule has 32 heavy (non-hydrogen) atoms. The topological polar surface area (TPSA) is 62.3 Å². The van der Waals surface area contributed by atoms with Crippen molar-refractivity contribution in [2.75, 3.05) is 44.4 Å². The normalized spacial score (nSPS) is 22.8. The maximum atomic E-state index is 13.6. The van der Waals surface area contributed by atoms with E-state index in [1.165, 1.54) is 11.8 Å². The number of piperazine rings is 1. The van der Waals surface area contributed by atoms with E-state index < -0.39 is 4.75 Å². The summed E-state index contributed by atoms with van der Waals surface area (Å²) in [7, 11) is 0. The summed E-state index contributed by atoms with van der Waals surface area (Å²) in [5.41, 5.74) is 2.05. The number of ether oxygens (including phenoxy) is 2. The van der Waals surface area contributed by atoms with Crippen LogP contribution >= 0.6 is 11.8 Å². The Hall–Kier alpha value is -2.71. The third-order valence-corrected chi connectivity index (χ3v) is 7.67. The van der Waals surface area contributed by atoms with E-state index >= 15 is 0 Å². The quantitative estimate of drug-likeness (QED) is 0.664. The first-order valence-corrected chi connectivity index (χ1v) is 11.8. The predicted molar refractivity (Wildman–Crippen MR) is 123 cm³/mol. The Morgan fingerprint density at radius 3 is 2.59 bits per heavy atom. The van der Waals surface area contributed by atoms with Gasteiger partial charge < -0.3 is 19.3 Å². The zero-order valence-electron chi connectivity index (χ0n) is 18.4. The van der Waals surface area contributed by atoms with Crippen molar-refractivity contribution in [3.8, 4) is 11.5 Å². The molecule has 2 aromatic rings. The van der Waals surface area contributed by atoms with Crippen LogP contribution in [-0.4, -0.2) is 65.9 Å². The molecule has 1 fully saturated rings. The first kappa shape index (κ1) is 21.2. The minimum Gasteiger partial charge on any atom is -0.454 e. The van der Waals surface area contributed by atoms with Gasteiger partial charge in [0.2, 0.25) is 12.7 Å². The molecule has 3 aliphatic heterocycles. The Balaban J connectivity index is 1.25. The molecule has 3 heterocycles. The third kappa shape index (κ3) is 3.61. The highest BCUT2D eigenvalue weighted by Gasteiger charge is 2.50. The van der Waals surface area contributed by atoms with Crippen molar-refractivity contribution in [1.82, 2.24) is 9.80 Å². The van der Waals surface area contributed by atoms with Crippen LogP contribution in [-0.2, 0) is 16.1 Å². The van der Waals surface area contributed by atoms with E-state index in [1.54, 1.807) is 11.8 Å². The number of thioether (sulfide) groups is 1.